The molecule has 0 aromatic heterocycles. The zero-order chi connectivity index (χ0) is 14.0. The second-order valence-electron chi connectivity index (χ2n) is 5.84. The minimum Gasteiger partial charge on any atom is -0.475 e. The summed E-state index contributed by atoms with van der Waals surface area (Å²) in [6.07, 6.45) is 0.903. The minimum atomic E-state index is -0.116. The average molecular weight is 265 g/mol. The van der Waals surface area contributed by atoms with Crippen LogP contribution in [0.25, 0.3) is 0 Å². The van der Waals surface area contributed by atoms with Crippen LogP contribution in [0, 0.1) is 0 Å². The number of rotatable bonds is 3. The highest BCUT2D eigenvalue weighted by Crippen LogP contribution is 2.23. The summed E-state index contributed by atoms with van der Waals surface area (Å²) in [7, 11) is 0. The SMILES string of the molecule is CC1(C)COC(c2ccccc2Cc2ccccc2)=N1. The Bertz CT molecular complexity index is 629. The first kappa shape index (κ1) is 12.9. The smallest absolute Gasteiger partial charge is 0.217 e. The maximum Gasteiger partial charge on any atom is 0.217 e. The molecule has 1 heterocycles. The Balaban J connectivity index is 1.93. The van der Waals surface area contributed by atoms with Gasteiger partial charge in [-0.1, -0.05) is 48.5 Å². The van der Waals surface area contributed by atoms with Crippen LogP contribution < -0.4 is 0 Å². The quantitative estimate of drug-likeness (QED) is 0.826. The molecular weight excluding hydrogens is 246 g/mol. The van der Waals surface area contributed by atoms with Crippen molar-refractivity contribution in [1.82, 2.24) is 0 Å². The van der Waals surface area contributed by atoms with Gasteiger partial charge >= 0.3 is 0 Å². The molecule has 2 aromatic rings. The highest BCUT2D eigenvalue weighted by atomic mass is 16.5. The van der Waals surface area contributed by atoms with Crippen molar-refractivity contribution in [3.05, 3.63) is 71.3 Å². The molecule has 0 atom stereocenters. The zero-order valence-corrected chi connectivity index (χ0v) is 12.0. The van der Waals surface area contributed by atoms with Crippen LogP contribution in [0.1, 0.15) is 30.5 Å². The van der Waals surface area contributed by atoms with E-state index in [0.717, 1.165) is 17.9 Å². The molecular formula is C18H19NO. The van der Waals surface area contributed by atoms with Crippen molar-refractivity contribution in [3.63, 3.8) is 0 Å². The third-order valence-corrected chi connectivity index (χ3v) is 3.45. The fourth-order valence-electron chi connectivity index (χ4n) is 2.42. The van der Waals surface area contributed by atoms with E-state index in [0.29, 0.717) is 6.61 Å². The number of hydrogen-bond donors (Lipinski definition) is 0. The van der Waals surface area contributed by atoms with E-state index in [-0.39, 0.29) is 5.54 Å². The van der Waals surface area contributed by atoms with Crippen molar-refractivity contribution in [2.45, 2.75) is 25.8 Å². The van der Waals surface area contributed by atoms with Crippen molar-refractivity contribution < 1.29 is 4.74 Å². The molecule has 0 bridgehead atoms. The molecule has 0 saturated heterocycles. The van der Waals surface area contributed by atoms with Gasteiger partial charge in [0.2, 0.25) is 5.90 Å². The molecule has 2 heteroatoms. The summed E-state index contributed by atoms with van der Waals surface area (Å²) in [4.78, 5) is 4.69. The summed E-state index contributed by atoms with van der Waals surface area (Å²) in [5, 5.41) is 0. The molecule has 2 aromatic carbocycles. The summed E-state index contributed by atoms with van der Waals surface area (Å²) in [6.45, 7) is 4.85. The first-order chi connectivity index (χ1) is 9.64. The molecule has 0 saturated carbocycles. The van der Waals surface area contributed by atoms with Crippen LogP contribution in [0.3, 0.4) is 0 Å². The van der Waals surface area contributed by atoms with Crippen molar-refractivity contribution in [2.75, 3.05) is 6.61 Å². The average Bonchev–Trinajstić information content (AvgIpc) is 2.81. The van der Waals surface area contributed by atoms with Crippen LogP contribution in [0.15, 0.2) is 59.6 Å². The number of hydrogen-bond acceptors (Lipinski definition) is 2. The van der Waals surface area contributed by atoms with E-state index in [1.165, 1.54) is 11.1 Å². The predicted octanol–water partition coefficient (Wildman–Crippen LogP) is 3.83. The van der Waals surface area contributed by atoms with Crippen molar-refractivity contribution in [1.29, 1.82) is 0 Å². The van der Waals surface area contributed by atoms with Gasteiger partial charge in [-0.25, -0.2) is 4.99 Å². The third-order valence-electron chi connectivity index (χ3n) is 3.45. The maximum atomic E-state index is 5.78. The molecule has 102 valence electrons. The molecule has 1 aliphatic heterocycles. The molecule has 20 heavy (non-hydrogen) atoms. The second kappa shape index (κ2) is 5.12. The van der Waals surface area contributed by atoms with Gasteiger partial charge in [-0.2, -0.15) is 0 Å². The molecule has 1 aliphatic rings. The normalized spacial score (nSPS) is 16.6. The van der Waals surface area contributed by atoms with Gasteiger partial charge < -0.3 is 4.74 Å². The number of nitrogens with zero attached hydrogens (tertiary/aromatic N) is 1. The van der Waals surface area contributed by atoms with Crippen molar-refractivity contribution in [3.8, 4) is 0 Å². The highest BCUT2D eigenvalue weighted by Gasteiger charge is 2.27. The van der Waals surface area contributed by atoms with E-state index in [1.54, 1.807) is 0 Å². The van der Waals surface area contributed by atoms with E-state index in [9.17, 15) is 0 Å². The number of benzene rings is 2. The Morgan fingerprint density at radius 3 is 2.40 bits per heavy atom. The first-order valence-corrected chi connectivity index (χ1v) is 6.99. The molecule has 0 radical (unpaired) electrons. The summed E-state index contributed by atoms with van der Waals surface area (Å²) >= 11 is 0. The van der Waals surface area contributed by atoms with Crippen LogP contribution in [0.2, 0.25) is 0 Å². The largest absolute Gasteiger partial charge is 0.475 e. The van der Waals surface area contributed by atoms with Gasteiger partial charge in [0.05, 0.1) is 5.54 Å². The Kier molecular flexibility index (Phi) is 3.31. The molecule has 0 amide bonds. The Morgan fingerprint density at radius 2 is 1.70 bits per heavy atom. The Morgan fingerprint density at radius 1 is 1.00 bits per heavy atom. The van der Waals surface area contributed by atoms with E-state index >= 15 is 0 Å². The molecule has 2 nitrogen and oxygen atoms in total. The van der Waals surface area contributed by atoms with Crippen LogP contribution >= 0.6 is 0 Å². The van der Waals surface area contributed by atoms with E-state index in [4.69, 9.17) is 4.74 Å². The van der Waals surface area contributed by atoms with E-state index < -0.39 is 0 Å². The summed E-state index contributed by atoms with van der Waals surface area (Å²) in [5.41, 5.74) is 3.56. The third kappa shape index (κ3) is 2.74. The fraction of sp³-hybridized carbons (Fsp3) is 0.278. The zero-order valence-electron chi connectivity index (χ0n) is 12.0. The van der Waals surface area contributed by atoms with Crippen LogP contribution in [-0.2, 0) is 11.2 Å². The van der Waals surface area contributed by atoms with Gasteiger partial charge in [0.25, 0.3) is 0 Å². The van der Waals surface area contributed by atoms with E-state index in [2.05, 4.69) is 61.3 Å². The van der Waals surface area contributed by atoms with Gasteiger partial charge in [0.15, 0.2) is 0 Å². The van der Waals surface area contributed by atoms with E-state index in [1.807, 2.05) is 12.1 Å². The fourth-order valence-corrected chi connectivity index (χ4v) is 2.42. The summed E-state index contributed by atoms with van der Waals surface area (Å²) in [5.74, 6) is 0.779. The molecule has 0 aliphatic carbocycles. The van der Waals surface area contributed by atoms with Gasteiger partial charge in [0, 0.05) is 5.56 Å². The minimum absolute atomic E-state index is 0.116. The Hall–Kier alpha value is -2.09. The lowest BCUT2D eigenvalue weighted by Gasteiger charge is -2.09. The predicted molar refractivity (Wildman–Crippen MR) is 82.3 cm³/mol. The van der Waals surface area contributed by atoms with Crippen LogP contribution in [0.5, 0.6) is 0 Å². The van der Waals surface area contributed by atoms with Gasteiger partial charge in [-0.05, 0) is 37.5 Å². The molecule has 3 rings (SSSR count). The van der Waals surface area contributed by atoms with Crippen molar-refractivity contribution >= 4 is 5.90 Å². The van der Waals surface area contributed by atoms with Gasteiger partial charge in [-0.3, -0.25) is 0 Å². The molecule has 0 N–H and O–H groups in total. The van der Waals surface area contributed by atoms with Crippen LogP contribution in [0.4, 0.5) is 0 Å². The lowest BCUT2D eigenvalue weighted by molar-refractivity contribution is 0.279. The second-order valence-corrected chi connectivity index (χ2v) is 5.84. The first-order valence-electron chi connectivity index (χ1n) is 6.99. The maximum absolute atomic E-state index is 5.78. The van der Waals surface area contributed by atoms with Crippen molar-refractivity contribution in [2.24, 2.45) is 4.99 Å². The van der Waals surface area contributed by atoms with Gasteiger partial charge in [0.1, 0.15) is 6.61 Å². The Labute approximate surface area is 120 Å². The number of aliphatic imine (C=N–C) groups is 1. The summed E-state index contributed by atoms with van der Waals surface area (Å²) in [6, 6.07) is 18.9. The topological polar surface area (TPSA) is 21.6 Å². The lowest BCUT2D eigenvalue weighted by Crippen LogP contribution is -2.17. The van der Waals surface area contributed by atoms with Crippen LogP contribution in [-0.4, -0.2) is 18.0 Å². The lowest BCUT2D eigenvalue weighted by atomic mass is 9.99. The number of ether oxygens (including phenoxy) is 1. The standard InChI is InChI=1S/C18H19NO/c1-18(2)13-20-17(19-18)16-11-7-6-10-15(16)12-14-8-4-3-5-9-14/h3-11H,12-13H2,1-2H3. The summed E-state index contributed by atoms with van der Waals surface area (Å²) < 4.78 is 5.78. The molecule has 0 spiro atoms. The van der Waals surface area contributed by atoms with Gasteiger partial charge in [-0.15, -0.1) is 0 Å². The molecule has 0 fully saturated rings. The highest BCUT2D eigenvalue weighted by molar-refractivity contribution is 5.97. The monoisotopic (exact) mass is 265 g/mol. The molecule has 0 unspecified atom stereocenters.